The highest BCUT2D eigenvalue weighted by Crippen LogP contribution is 2.23. The summed E-state index contributed by atoms with van der Waals surface area (Å²) in [6.07, 6.45) is -0.409. The standard InChI is InChI=1S/C19H21N5O2/c1-24(2)19-22-17(21-18(20)23-19)14-8-10-15(11-9-14)26-12-16(25)13-6-4-3-5-7-13/h3-11,17H,12H2,1-2H3,(H3,20,21,22,23). The summed E-state index contributed by atoms with van der Waals surface area (Å²) in [4.78, 5) is 22.7. The fraction of sp³-hybridized carbons (Fsp3) is 0.211. The molecule has 3 rings (SSSR count). The smallest absolute Gasteiger partial charge is 0.202 e. The summed E-state index contributed by atoms with van der Waals surface area (Å²) >= 11 is 0. The maximum absolute atomic E-state index is 12.1. The summed E-state index contributed by atoms with van der Waals surface area (Å²) < 4.78 is 5.58. The van der Waals surface area contributed by atoms with E-state index in [1.54, 1.807) is 24.3 Å². The molecule has 1 aliphatic rings. The molecule has 0 bridgehead atoms. The number of rotatable bonds is 5. The molecule has 1 unspecified atom stereocenters. The first-order valence-electron chi connectivity index (χ1n) is 8.19. The van der Waals surface area contributed by atoms with Crippen LogP contribution in [0, 0.1) is 0 Å². The number of guanidine groups is 2. The summed E-state index contributed by atoms with van der Waals surface area (Å²) in [5.41, 5.74) is 7.34. The molecule has 3 N–H and O–H groups in total. The molecule has 0 saturated heterocycles. The molecule has 0 aliphatic carbocycles. The van der Waals surface area contributed by atoms with Crippen molar-refractivity contribution in [2.75, 3.05) is 20.7 Å². The van der Waals surface area contributed by atoms with Crippen LogP contribution in [0.25, 0.3) is 0 Å². The normalized spacial score (nSPS) is 16.2. The van der Waals surface area contributed by atoms with Gasteiger partial charge < -0.3 is 15.4 Å². The van der Waals surface area contributed by atoms with E-state index in [9.17, 15) is 4.79 Å². The fourth-order valence-corrected chi connectivity index (χ4v) is 2.42. The van der Waals surface area contributed by atoms with Crippen LogP contribution in [0.2, 0.25) is 0 Å². The second-order valence-electron chi connectivity index (χ2n) is 6.01. The van der Waals surface area contributed by atoms with E-state index >= 15 is 0 Å². The summed E-state index contributed by atoms with van der Waals surface area (Å²) in [5.74, 6) is 1.52. The zero-order valence-electron chi connectivity index (χ0n) is 14.7. The Kier molecular flexibility index (Phi) is 5.17. The van der Waals surface area contributed by atoms with E-state index in [-0.39, 0.29) is 12.4 Å². The molecule has 2 aromatic rings. The minimum atomic E-state index is -0.409. The maximum Gasteiger partial charge on any atom is 0.202 e. The van der Waals surface area contributed by atoms with E-state index in [4.69, 9.17) is 10.5 Å². The lowest BCUT2D eigenvalue weighted by Crippen LogP contribution is -2.46. The third-order valence-electron chi connectivity index (χ3n) is 3.81. The van der Waals surface area contributed by atoms with Crippen LogP contribution in [-0.2, 0) is 0 Å². The number of aliphatic imine (C=N–C) groups is 2. The first kappa shape index (κ1) is 17.5. The first-order chi connectivity index (χ1) is 12.5. The number of hydrogen-bond donors (Lipinski definition) is 2. The first-order valence-corrected chi connectivity index (χ1v) is 8.19. The lowest BCUT2D eigenvalue weighted by atomic mass is 10.1. The van der Waals surface area contributed by atoms with E-state index in [2.05, 4.69) is 15.3 Å². The second-order valence-corrected chi connectivity index (χ2v) is 6.01. The summed E-state index contributed by atoms with van der Waals surface area (Å²) in [5, 5.41) is 2.92. The van der Waals surface area contributed by atoms with Crippen molar-refractivity contribution < 1.29 is 9.53 Å². The second kappa shape index (κ2) is 7.69. The minimum absolute atomic E-state index is 0.00919. The van der Waals surface area contributed by atoms with Crippen molar-refractivity contribution in [1.29, 1.82) is 0 Å². The molecule has 1 aliphatic heterocycles. The number of ketones is 1. The molecule has 7 nitrogen and oxygen atoms in total. The van der Waals surface area contributed by atoms with E-state index < -0.39 is 6.17 Å². The number of nitrogens with two attached hydrogens (primary N) is 1. The highest BCUT2D eigenvalue weighted by atomic mass is 16.5. The van der Waals surface area contributed by atoms with Gasteiger partial charge in [-0.3, -0.25) is 10.1 Å². The fourth-order valence-electron chi connectivity index (χ4n) is 2.42. The Morgan fingerprint density at radius 1 is 1.12 bits per heavy atom. The quantitative estimate of drug-likeness (QED) is 0.801. The van der Waals surface area contributed by atoms with Gasteiger partial charge in [-0.1, -0.05) is 42.5 Å². The number of ether oxygens (including phenoxy) is 1. The van der Waals surface area contributed by atoms with Crippen LogP contribution in [0.15, 0.2) is 64.6 Å². The minimum Gasteiger partial charge on any atom is -0.485 e. The van der Waals surface area contributed by atoms with Crippen LogP contribution in [0.5, 0.6) is 5.75 Å². The molecular formula is C19H21N5O2. The Morgan fingerprint density at radius 3 is 2.46 bits per heavy atom. The van der Waals surface area contributed by atoms with Gasteiger partial charge in [0.1, 0.15) is 5.75 Å². The molecule has 0 radical (unpaired) electrons. The summed E-state index contributed by atoms with van der Waals surface area (Å²) in [6, 6.07) is 16.4. The van der Waals surface area contributed by atoms with E-state index in [0.717, 1.165) is 5.56 Å². The van der Waals surface area contributed by atoms with Crippen LogP contribution in [0.3, 0.4) is 0 Å². The monoisotopic (exact) mass is 351 g/mol. The van der Waals surface area contributed by atoms with Gasteiger partial charge in [0.15, 0.2) is 24.5 Å². The van der Waals surface area contributed by atoms with Gasteiger partial charge in [0.25, 0.3) is 0 Å². The van der Waals surface area contributed by atoms with E-state index in [1.165, 1.54) is 0 Å². The number of nitrogens with one attached hydrogen (secondary N) is 1. The lowest BCUT2D eigenvalue weighted by Gasteiger charge is -2.23. The summed E-state index contributed by atoms with van der Waals surface area (Å²) in [7, 11) is 3.75. The van der Waals surface area contributed by atoms with Crippen LogP contribution < -0.4 is 15.8 Å². The van der Waals surface area contributed by atoms with Gasteiger partial charge in [-0.15, -0.1) is 0 Å². The van der Waals surface area contributed by atoms with Crippen LogP contribution >= 0.6 is 0 Å². The largest absolute Gasteiger partial charge is 0.485 e. The third kappa shape index (κ3) is 4.18. The molecule has 0 fully saturated rings. The van der Waals surface area contributed by atoms with Crippen molar-refractivity contribution in [3.8, 4) is 5.75 Å². The molecule has 2 aromatic carbocycles. The maximum atomic E-state index is 12.1. The Morgan fingerprint density at radius 2 is 1.81 bits per heavy atom. The van der Waals surface area contributed by atoms with Crippen molar-refractivity contribution in [3.05, 3.63) is 65.7 Å². The molecule has 1 heterocycles. The molecule has 0 spiro atoms. The molecule has 0 aromatic heterocycles. The average Bonchev–Trinajstić information content (AvgIpc) is 2.66. The Labute approximate surface area is 152 Å². The SMILES string of the molecule is CN(C)C1=NC(c2ccc(OCC(=O)c3ccccc3)cc2)N=C(N)N1. The van der Waals surface area contributed by atoms with Crippen molar-refractivity contribution in [2.45, 2.75) is 6.17 Å². The van der Waals surface area contributed by atoms with Gasteiger partial charge in [0, 0.05) is 19.7 Å². The zero-order valence-corrected chi connectivity index (χ0v) is 14.7. The van der Waals surface area contributed by atoms with Crippen LogP contribution in [0.1, 0.15) is 22.1 Å². The summed E-state index contributed by atoms with van der Waals surface area (Å²) in [6.45, 7) is -0.00919. The predicted octanol–water partition coefficient (Wildman–Crippen LogP) is 1.78. The number of carbonyl (C=O) groups is 1. The van der Waals surface area contributed by atoms with Gasteiger partial charge >= 0.3 is 0 Å². The molecule has 26 heavy (non-hydrogen) atoms. The van der Waals surface area contributed by atoms with E-state index in [1.807, 2.05) is 49.3 Å². The van der Waals surface area contributed by atoms with Crippen LogP contribution in [-0.4, -0.2) is 43.3 Å². The van der Waals surface area contributed by atoms with Crippen molar-refractivity contribution >= 4 is 17.7 Å². The third-order valence-corrected chi connectivity index (χ3v) is 3.81. The number of benzene rings is 2. The van der Waals surface area contributed by atoms with Crippen molar-refractivity contribution in [2.24, 2.45) is 15.7 Å². The molecule has 0 amide bonds. The van der Waals surface area contributed by atoms with Gasteiger partial charge in [-0.2, -0.15) is 0 Å². The number of nitrogens with zero attached hydrogens (tertiary/aromatic N) is 3. The Balaban J connectivity index is 1.65. The molecule has 134 valence electrons. The highest BCUT2D eigenvalue weighted by molar-refractivity contribution is 5.99. The molecule has 0 saturated carbocycles. The zero-order chi connectivity index (χ0) is 18.5. The van der Waals surface area contributed by atoms with Gasteiger partial charge in [0.2, 0.25) is 5.96 Å². The lowest BCUT2D eigenvalue weighted by molar-refractivity contribution is 0.0921. The Bertz CT molecular complexity index is 829. The highest BCUT2D eigenvalue weighted by Gasteiger charge is 2.18. The van der Waals surface area contributed by atoms with Gasteiger partial charge in [-0.05, 0) is 17.7 Å². The number of Topliss-reactive ketones (excluding diaryl/α,β-unsaturated/α-hetero) is 1. The molecule has 7 heteroatoms. The molecule has 1 atom stereocenters. The number of carbonyl (C=O) groups excluding carboxylic acids is 1. The Hall–Kier alpha value is -3.35. The number of hydrogen-bond acceptors (Lipinski definition) is 7. The van der Waals surface area contributed by atoms with Gasteiger partial charge in [0.05, 0.1) is 0 Å². The van der Waals surface area contributed by atoms with E-state index in [0.29, 0.717) is 23.2 Å². The van der Waals surface area contributed by atoms with Crippen molar-refractivity contribution in [1.82, 2.24) is 10.2 Å². The van der Waals surface area contributed by atoms with Crippen LogP contribution in [0.4, 0.5) is 0 Å². The molecular weight excluding hydrogens is 330 g/mol. The predicted molar refractivity (Wildman–Crippen MR) is 101 cm³/mol. The van der Waals surface area contributed by atoms with Gasteiger partial charge in [-0.25, -0.2) is 9.98 Å². The topological polar surface area (TPSA) is 92.3 Å². The van der Waals surface area contributed by atoms with Crippen molar-refractivity contribution in [3.63, 3.8) is 0 Å². The average molecular weight is 351 g/mol.